The summed E-state index contributed by atoms with van der Waals surface area (Å²) in [5.41, 5.74) is 2.60. The second-order valence-electron chi connectivity index (χ2n) is 5.56. The van der Waals surface area contributed by atoms with Crippen LogP contribution >= 0.6 is 0 Å². The molecule has 0 spiro atoms. The number of hydrogen-bond donors (Lipinski definition) is 1. The highest BCUT2D eigenvalue weighted by Gasteiger charge is 2.16. The third-order valence-electron chi connectivity index (χ3n) is 3.86. The van der Waals surface area contributed by atoms with Crippen molar-refractivity contribution in [3.63, 3.8) is 0 Å². The predicted octanol–water partition coefficient (Wildman–Crippen LogP) is 4.65. The molecule has 1 heterocycles. The minimum Gasteiger partial charge on any atom is -0.310 e. The summed E-state index contributed by atoms with van der Waals surface area (Å²) in [6, 6.07) is 2.73. The molecule has 2 atom stereocenters. The molecule has 2 heteroatoms. The Hall–Kier alpha value is -0.890. The number of aryl methyl sites for hydroxylation is 1. The van der Waals surface area contributed by atoms with E-state index in [0.29, 0.717) is 6.04 Å². The van der Waals surface area contributed by atoms with Gasteiger partial charge >= 0.3 is 0 Å². The maximum absolute atomic E-state index is 4.34. The van der Waals surface area contributed by atoms with Crippen molar-refractivity contribution in [1.29, 1.82) is 0 Å². The van der Waals surface area contributed by atoms with E-state index in [1.807, 2.05) is 12.4 Å². The van der Waals surface area contributed by atoms with E-state index in [4.69, 9.17) is 0 Å². The van der Waals surface area contributed by atoms with Crippen LogP contribution in [0.3, 0.4) is 0 Å². The smallest absolute Gasteiger partial charge is 0.0338 e. The van der Waals surface area contributed by atoms with E-state index >= 15 is 0 Å². The van der Waals surface area contributed by atoms with Crippen LogP contribution in [0.5, 0.6) is 0 Å². The number of nitrogens with zero attached hydrogens (tertiary/aromatic N) is 1. The van der Waals surface area contributed by atoms with Crippen molar-refractivity contribution >= 4 is 0 Å². The van der Waals surface area contributed by atoms with Crippen LogP contribution in [0.1, 0.15) is 70.0 Å². The average molecular weight is 262 g/mol. The summed E-state index contributed by atoms with van der Waals surface area (Å²) in [6.07, 6.45) is 10.5. The lowest BCUT2D eigenvalue weighted by Crippen LogP contribution is -2.23. The highest BCUT2D eigenvalue weighted by Crippen LogP contribution is 2.26. The van der Waals surface area contributed by atoms with Crippen LogP contribution < -0.4 is 5.32 Å². The van der Waals surface area contributed by atoms with Crippen LogP contribution in [-0.4, -0.2) is 11.5 Å². The van der Waals surface area contributed by atoms with Crippen LogP contribution in [0, 0.1) is 12.8 Å². The SMILES string of the molecule is CCCCC(CC)CC(NCC)c1cncc(C)c1. The first-order valence-electron chi connectivity index (χ1n) is 7.86. The first kappa shape index (κ1) is 16.2. The number of pyridine rings is 1. The van der Waals surface area contributed by atoms with Crippen molar-refractivity contribution in [2.24, 2.45) is 5.92 Å². The van der Waals surface area contributed by atoms with Crippen molar-refractivity contribution in [3.05, 3.63) is 29.6 Å². The van der Waals surface area contributed by atoms with Gasteiger partial charge in [-0.3, -0.25) is 4.98 Å². The number of nitrogens with one attached hydrogen (secondary N) is 1. The topological polar surface area (TPSA) is 24.9 Å². The lowest BCUT2D eigenvalue weighted by atomic mass is 9.89. The number of rotatable bonds is 9. The Labute approximate surface area is 119 Å². The third-order valence-corrected chi connectivity index (χ3v) is 3.86. The molecule has 19 heavy (non-hydrogen) atoms. The summed E-state index contributed by atoms with van der Waals surface area (Å²) in [6.45, 7) is 9.91. The summed E-state index contributed by atoms with van der Waals surface area (Å²) in [5, 5.41) is 3.63. The van der Waals surface area contributed by atoms with Gasteiger partial charge in [-0.15, -0.1) is 0 Å². The summed E-state index contributed by atoms with van der Waals surface area (Å²) >= 11 is 0. The molecule has 108 valence electrons. The molecule has 0 saturated carbocycles. The van der Waals surface area contributed by atoms with Gasteiger partial charge in [0.1, 0.15) is 0 Å². The van der Waals surface area contributed by atoms with E-state index in [0.717, 1.165) is 12.5 Å². The molecule has 0 amide bonds. The lowest BCUT2D eigenvalue weighted by Gasteiger charge is -2.24. The van der Waals surface area contributed by atoms with Gasteiger partial charge < -0.3 is 5.32 Å². The van der Waals surface area contributed by atoms with E-state index in [1.165, 1.54) is 43.2 Å². The highest BCUT2D eigenvalue weighted by atomic mass is 14.9. The fourth-order valence-corrected chi connectivity index (χ4v) is 2.67. The van der Waals surface area contributed by atoms with Crippen molar-refractivity contribution in [1.82, 2.24) is 10.3 Å². The second-order valence-corrected chi connectivity index (χ2v) is 5.56. The number of aromatic nitrogens is 1. The van der Waals surface area contributed by atoms with Gasteiger partial charge in [-0.2, -0.15) is 0 Å². The molecular formula is C17H30N2. The summed E-state index contributed by atoms with van der Waals surface area (Å²) in [5.74, 6) is 0.824. The molecule has 1 aromatic rings. The Bertz CT molecular complexity index is 349. The Morgan fingerprint density at radius 2 is 2.00 bits per heavy atom. The van der Waals surface area contributed by atoms with Gasteiger partial charge in [-0.1, -0.05) is 52.5 Å². The van der Waals surface area contributed by atoms with Crippen LogP contribution in [0.25, 0.3) is 0 Å². The van der Waals surface area contributed by atoms with Crippen molar-refractivity contribution < 1.29 is 0 Å². The first-order valence-corrected chi connectivity index (χ1v) is 7.86. The number of hydrogen-bond acceptors (Lipinski definition) is 2. The van der Waals surface area contributed by atoms with Gasteiger partial charge in [-0.25, -0.2) is 0 Å². The standard InChI is InChI=1S/C17H30N2/c1-5-8-9-15(6-2)11-17(19-7-3)16-10-14(4)12-18-13-16/h10,12-13,15,17,19H,5-9,11H2,1-4H3. The zero-order valence-electron chi connectivity index (χ0n) is 13.1. The molecule has 0 radical (unpaired) electrons. The Morgan fingerprint density at radius 3 is 2.58 bits per heavy atom. The molecule has 0 aliphatic carbocycles. The molecule has 1 N–H and O–H groups in total. The van der Waals surface area contributed by atoms with E-state index < -0.39 is 0 Å². The Kier molecular flexibility index (Phi) is 7.73. The van der Waals surface area contributed by atoms with E-state index in [9.17, 15) is 0 Å². The molecule has 0 aliphatic heterocycles. The van der Waals surface area contributed by atoms with Gasteiger partial charge in [0, 0.05) is 18.4 Å². The second kappa shape index (κ2) is 9.08. The van der Waals surface area contributed by atoms with Crippen LogP contribution in [0.15, 0.2) is 18.5 Å². The summed E-state index contributed by atoms with van der Waals surface area (Å²) < 4.78 is 0. The maximum atomic E-state index is 4.34. The van der Waals surface area contributed by atoms with Crippen molar-refractivity contribution in [2.75, 3.05) is 6.54 Å². The monoisotopic (exact) mass is 262 g/mol. The zero-order valence-corrected chi connectivity index (χ0v) is 13.1. The largest absolute Gasteiger partial charge is 0.310 e. The van der Waals surface area contributed by atoms with Gasteiger partial charge in [0.2, 0.25) is 0 Å². The van der Waals surface area contributed by atoms with E-state index in [-0.39, 0.29) is 0 Å². The predicted molar refractivity (Wildman–Crippen MR) is 83.3 cm³/mol. The minimum atomic E-state index is 0.458. The summed E-state index contributed by atoms with van der Waals surface area (Å²) in [7, 11) is 0. The normalized spacial score (nSPS) is 14.3. The fourth-order valence-electron chi connectivity index (χ4n) is 2.67. The Morgan fingerprint density at radius 1 is 1.21 bits per heavy atom. The van der Waals surface area contributed by atoms with E-state index in [1.54, 1.807) is 0 Å². The molecule has 0 aliphatic rings. The minimum absolute atomic E-state index is 0.458. The highest BCUT2D eigenvalue weighted by molar-refractivity contribution is 5.20. The zero-order chi connectivity index (χ0) is 14.1. The molecule has 0 saturated heterocycles. The number of unbranched alkanes of at least 4 members (excludes halogenated alkanes) is 1. The molecule has 0 aromatic carbocycles. The molecule has 1 aromatic heterocycles. The van der Waals surface area contributed by atoms with Gasteiger partial charge in [0.05, 0.1) is 0 Å². The van der Waals surface area contributed by atoms with E-state index in [2.05, 4.69) is 44.1 Å². The molecular weight excluding hydrogens is 232 g/mol. The average Bonchev–Trinajstić information content (AvgIpc) is 2.42. The van der Waals surface area contributed by atoms with Crippen LogP contribution in [-0.2, 0) is 0 Å². The van der Waals surface area contributed by atoms with Crippen LogP contribution in [0.4, 0.5) is 0 Å². The molecule has 2 unspecified atom stereocenters. The van der Waals surface area contributed by atoms with Crippen molar-refractivity contribution in [2.45, 2.75) is 65.8 Å². The van der Waals surface area contributed by atoms with Gasteiger partial charge in [0.25, 0.3) is 0 Å². The van der Waals surface area contributed by atoms with Crippen molar-refractivity contribution in [3.8, 4) is 0 Å². The summed E-state index contributed by atoms with van der Waals surface area (Å²) in [4.78, 5) is 4.34. The molecule has 0 fully saturated rings. The lowest BCUT2D eigenvalue weighted by molar-refractivity contribution is 0.356. The molecule has 0 bridgehead atoms. The maximum Gasteiger partial charge on any atom is 0.0338 e. The van der Waals surface area contributed by atoms with Gasteiger partial charge in [-0.05, 0) is 36.9 Å². The molecule has 2 nitrogen and oxygen atoms in total. The fraction of sp³-hybridized carbons (Fsp3) is 0.706. The first-order chi connectivity index (χ1) is 9.21. The third kappa shape index (κ3) is 5.73. The quantitative estimate of drug-likeness (QED) is 0.701. The van der Waals surface area contributed by atoms with Gasteiger partial charge in [0.15, 0.2) is 0 Å². The molecule has 1 rings (SSSR count). The Balaban J connectivity index is 2.70. The van der Waals surface area contributed by atoms with Crippen LogP contribution in [0.2, 0.25) is 0 Å².